The first kappa shape index (κ1) is 13.4. The predicted octanol–water partition coefficient (Wildman–Crippen LogP) is 2.71. The summed E-state index contributed by atoms with van der Waals surface area (Å²) in [6.07, 6.45) is 5.63. The zero-order chi connectivity index (χ0) is 12.8. The molecule has 18 heavy (non-hydrogen) atoms. The summed E-state index contributed by atoms with van der Waals surface area (Å²) >= 11 is 2.00. The van der Waals surface area contributed by atoms with Crippen LogP contribution in [0.5, 0.6) is 0 Å². The van der Waals surface area contributed by atoms with Gasteiger partial charge in [-0.05, 0) is 42.2 Å². The van der Waals surface area contributed by atoms with Gasteiger partial charge in [-0.25, -0.2) is 5.84 Å². The van der Waals surface area contributed by atoms with Crippen LogP contribution in [0.2, 0.25) is 0 Å². The van der Waals surface area contributed by atoms with Crippen molar-refractivity contribution in [3.8, 4) is 0 Å². The van der Waals surface area contributed by atoms with Crippen LogP contribution < -0.4 is 11.3 Å². The van der Waals surface area contributed by atoms with Gasteiger partial charge in [0.05, 0.1) is 0 Å². The number of amides is 1. The topological polar surface area (TPSA) is 55.1 Å². The van der Waals surface area contributed by atoms with Crippen LogP contribution in [0.1, 0.15) is 41.6 Å². The Morgan fingerprint density at radius 3 is 2.56 bits per heavy atom. The molecule has 0 atom stereocenters. The van der Waals surface area contributed by atoms with Crippen molar-refractivity contribution in [1.82, 2.24) is 5.43 Å². The van der Waals surface area contributed by atoms with Crippen molar-refractivity contribution in [2.75, 3.05) is 5.75 Å². The second-order valence-corrected chi connectivity index (χ2v) is 5.87. The van der Waals surface area contributed by atoms with Crippen molar-refractivity contribution >= 4 is 17.7 Å². The molecule has 1 saturated carbocycles. The molecule has 1 aromatic rings. The average molecular weight is 264 g/mol. The number of hydrazine groups is 1. The fraction of sp³-hybridized carbons (Fsp3) is 0.500. The highest BCUT2D eigenvalue weighted by molar-refractivity contribution is 7.98. The molecule has 0 saturated heterocycles. The van der Waals surface area contributed by atoms with Crippen LogP contribution in [0, 0.1) is 5.92 Å². The van der Waals surface area contributed by atoms with Gasteiger partial charge in [-0.15, -0.1) is 0 Å². The molecule has 0 unspecified atom stereocenters. The van der Waals surface area contributed by atoms with E-state index in [1.165, 1.54) is 37.0 Å². The normalized spacial score (nSPS) is 15.8. The van der Waals surface area contributed by atoms with Gasteiger partial charge in [-0.1, -0.05) is 25.0 Å². The molecule has 1 aromatic carbocycles. The Bertz CT molecular complexity index is 385. The van der Waals surface area contributed by atoms with E-state index in [4.69, 9.17) is 5.84 Å². The lowest BCUT2D eigenvalue weighted by Crippen LogP contribution is -2.29. The van der Waals surface area contributed by atoms with Crippen LogP contribution in [-0.4, -0.2) is 11.7 Å². The van der Waals surface area contributed by atoms with Gasteiger partial charge < -0.3 is 0 Å². The van der Waals surface area contributed by atoms with E-state index in [0.717, 1.165) is 11.7 Å². The summed E-state index contributed by atoms with van der Waals surface area (Å²) in [5.41, 5.74) is 4.02. The van der Waals surface area contributed by atoms with Crippen molar-refractivity contribution in [2.45, 2.75) is 31.4 Å². The molecule has 3 nitrogen and oxygen atoms in total. The summed E-state index contributed by atoms with van der Waals surface area (Å²) in [5, 5.41) is 0. The van der Waals surface area contributed by atoms with E-state index in [9.17, 15) is 4.79 Å². The van der Waals surface area contributed by atoms with E-state index >= 15 is 0 Å². The molecule has 1 fully saturated rings. The van der Waals surface area contributed by atoms with Gasteiger partial charge in [0.15, 0.2) is 0 Å². The average Bonchev–Trinajstić information content (AvgIpc) is 2.92. The highest BCUT2D eigenvalue weighted by atomic mass is 32.2. The summed E-state index contributed by atoms with van der Waals surface area (Å²) < 4.78 is 0. The smallest absolute Gasteiger partial charge is 0.265 e. The maximum atomic E-state index is 11.3. The molecule has 0 bridgehead atoms. The lowest BCUT2D eigenvalue weighted by molar-refractivity contribution is 0.0953. The Labute approximate surface area is 112 Å². The van der Waals surface area contributed by atoms with Gasteiger partial charge in [-0.3, -0.25) is 10.2 Å². The number of benzene rings is 1. The molecule has 1 amide bonds. The molecule has 0 heterocycles. The van der Waals surface area contributed by atoms with Crippen LogP contribution in [0.3, 0.4) is 0 Å². The van der Waals surface area contributed by atoms with Crippen molar-refractivity contribution in [1.29, 1.82) is 0 Å². The predicted molar refractivity (Wildman–Crippen MR) is 76.2 cm³/mol. The Morgan fingerprint density at radius 2 is 1.94 bits per heavy atom. The van der Waals surface area contributed by atoms with Gasteiger partial charge in [0.1, 0.15) is 0 Å². The summed E-state index contributed by atoms with van der Waals surface area (Å²) in [5.74, 6) is 8.08. The summed E-state index contributed by atoms with van der Waals surface area (Å²) in [7, 11) is 0. The molecule has 98 valence electrons. The molecular weight excluding hydrogens is 244 g/mol. The highest BCUT2D eigenvalue weighted by Gasteiger charge is 2.14. The quantitative estimate of drug-likeness (QED) is 0.488. The van der Waals surface area contributed by atoms with E-state index in [2.05, 4.69) is 5.43 Å². The number of carbonyl (C=O) groups excluding carboxylic acids is 1. The number of hydrogen-bond acceptors (Lipinski definition) is 3. The molecular formula is C14H20N2OS. The van der Waals surface area contributed by atoms with Gasteiger partial charge in [0, 0.05) is 11.3 Å². The number of thioether (sulfide) groups is 1. The zero-order valence-corrected chi connectivity index (χ0v) is 11.3. The van der Waals surface area contributed by atoms with E-state index < -0.39 is 0 Å². The maximum Gasteiger partial charge on any atom is 0.265 e. The van der Waals surface area contributed by atoms with Crippen LogP contribution in [0.25, 0.3) is 0 Å². The number of rotatable bonds is 5. The highest BCUT2D eigenvalue weighted by Crippen LogP contribution is 2.29. The second kappa shape index (κ2) is 6.81. The molecule has 0 spiro atoms. The van der Waals surface area contributed by atoms with E-state index in [-0.39, 0.29) is 5.91 Å². The van der Waals surface area contributed by atoms with E-state index in [1.807, 2.05) is 36.0 Å². The van der Waals surface area contributed by atoms with Crippen molar-refractivity contribution in [3.05, 3.63) is 35.4 Å². The van der Waals surface area contributed by atoms with Crippen molar-refractivity contribution in [3.63, 3.8) is 0 Å². The summed E-state index contributed by atoms with van der Waals surface area (Å²) in [4.78, 5) is 11.3. The first-order valence-electron chi connectivity index (χ1n) is 6.47. The molecule has 2 rings (SSSR count). The minimum atomic E-state index is -0.236. The summed E-state index contributed by atoms with van der Waals surface area (Å²) in [6.45, 7) is 0. The molecule has 1 aliphatic rings. The minimum Gasteiger partial charge on any atom is -0.290 e. The third-order valence-corrected chi connectivity index (χ3v) is 4.69. The van der Waals surface area contributed by atoms with Gasteiger partial charge in [0.2, 0.25) is 0 Å². The van der Waals surface area contributed by atoms with E-state index in [1.54, 1.807) is 0 Å². The standard InChI is InChI=1S/C14H20N2OS/c15-16-14(17)13-7-5-12(6-8-13)10-18-9-11-3-1-2-4-11/h5-8,11H,1-4,9-10,15H2,(H,16,17). The Hall–Kier alpha value is -1.00. The van der Waals surface area contributed by atoms with Crippen LogP contribution in [0.4, 0.5) is 0 Å². The van der Waals surface area contributed by atoms with Crippen LogP contribution in [-0.2, 0) is 5.75 Å². The van der Waals surface area contributed by atoms with Crippen LogP contribution >= 0.6 is 11.8 Å². The maximum absolute atomic E-state index is 11.3. The molecule has 1 aliphatic carbocycles. The Kier molecular flexibility index (Phi) is 5.08. The third kappa shape index (κ3) is 3.75. The second-order valence-electron chi connectivity index (χ2n) is 4.84. The fourth-order valence-electron chi connectivity index (χ4n) is 2.36. The Balaban J connectivity index is 1.77. The first-order valence-corrected chi connectivity index (χ1v) is 7.62. The van der Waals surface area contributed by atoms with Crippen molar-refractivity contribution in [2.24, 2.45) is 11.8 Å². The van der Waals surface area contributed by atoms with E-state index in [0.29, 0.717) is 5.56 Å². The number of nitrogens with two attached hydrogens (primary N) is 1. The van der Waals surface area contributed by atoms with Crippen LogP contribution in [0.15, 0.2) is 24.3 Å². The number of nitrogen functional groups attached to an aromatic ring is 1. The van der Waals surface area contributed by atoms with Crippen molar-refractivity contribution < 1.29 is 4.79 Å². The first-order chi connectivity index (χ1) is 8.79. The number of nitrogens with one attached hydrogen (secondary N) is 1. The SMILES string of the molecule is NNC(=O)c1ccc(CSCC2CCCC2)cc1. The van der Waals surface area contributed by atoms with Gasteiger partial charge in [-0.2, -0.15) is 11.8 Å². The number of carbonyl (C=O) groups is 1. The molecule has 0 aromatic heterocycles. The monoisotopic (exact) mass is 264 g/mol. The molecule has 3 N–H and O–H groups in total. The van der Waals surface area contributed by atoms with Gasteiger partial charge in [0.25, 0.3) is 5.91 Å². The number of hydrogen-bond donors (Lipinski definition) is 2. The summed E-state index contributed by atoms with van der Waals surface area (Å²) in [6, 6.07) is 7.67. The largest absolute Gasteiger partial charge is 0.290 e. The lowest BCUT2D eigenvalue weighted by Gasteiger charge is -2.08. The van der Waals surface area contributed by atoms with Gasteiger partial charge >= 0.3 is 0 Å². The zero-order valence-electron chi connectivity index (χ0n) is 10.5. The minimum absolute atomic E-state index is 0.236. The lowest BCUT2D eigenvalue weighted by atomic mass is 10.1. The molecule has 4 heteroatoms. The third-order valence-electron chi connectivity index (χ3n) is 3.44. The fourth-order valence-corrected chi connectivity index (χ4v) is 3.57. The molecule has 0 radical (unpaired) electrons. The Morgan fingerprint density at radius 1 is 1.28 bits per heavy atom. The molecule has 0 aliphatic heterocycles.